The van der Waals surface area contributed by atoms with Crippen LogP contribution in [0.4, 0.5) is 0 Å². The third kappa shape index (κ3) is 8.02. The molecular formula is C4H10NaO2PS2. The molecule has 56 valence electrons. The van der Waals surface area contributed by atoms with Crippen molar-refractivity contribution in [2.24, 2.45) is 0 Å². The SMILES string of the molecule is CCCSP([O-])(=S)OC.[Na+]. The molecule has 0 amide bonds. The summed E-state index contributed by atoms with van der Waals surface area (Å²) in [6.07, 6.45) is 0.981. The predicted molar refractivity (Wildman–Crippen MR) is 44.0 cm³/mol. The van der Waals surface area contributed by atoms with Crippen LogP contribution in [0.2, 0.25) is 0 Å². The molecule has 2 nitrogen and oxygen atoms in total. The van der Waals surface area contributed by atoms with Gasteiger partial charge in [-0.05, 0) is 12.2 Å². The zero-order valence-corrected chi connectivity index (χ0v) is 11.0. The van der Waals surface area contributed by atoms with Crippen molar-refractivity contribution < 1.29 is 39.0 Å². The first-order chi connectivity index (χ1) is 4.12. The molecule has 0 N–H and O–H groups in total. The molecule has 0 fully saturated rings. The second-order valence-corrected chi connectivity index (χ2v) is 7.74. The predicted octanol–water partition coefficient (Wildman–Crippen LogP) is -1.64. The Morgan fingerprint density at radius 3 is 2.50 bits per heavy atom. The Labute approximate surface area is 93.3 Å². The molecule has 1 unspecified atom stereocenters. The maximum atomic E-state index is 10.9. The average Bonchev–Trinajstić information content (AvgIpc) is 1.84. The molecule has 0 radical (unpaired) electrons. The van der Waals surface area contributed by atoms with Gasteiger partial charge in [-0.15, -0.1) is 11.4 Å². The van der Waals surface area contributed by atoms with Gasteiger partial charge in [0.15, 0.2) is 0 Å². The summed E-state index contributed by atoms with van der Waals surface area (Å²) in [4.78, 5) is 10.9. The van der Waals surface area contributed by atoms with E-state index in [-0.39, 0.29) is 29.6 Å². The first-order valence-electron chi connectivity index (χ1n) is 2.63. The molecule has 0 aliphatic rings. The molecule has 10 heavy (non-hydrogen) atoms. The smallest absolute Gasteiger partial charge is 0.793 e. The van der Waals surface area contributed by atoms with Gasteiger partial charge in [0, 0.05) is 12.8 Å². The third-order valence-corrected chi connectivity index (χ3v) is 5.37. The van der Waals surface area contributed by atoms with Gasteiger partial charge in [0.05, 0.1) is 0 Å². The fourth-order valence-electron chi connectivity index (χ4n) is 0.256. The monoisotopic (exact) mass is 208 g/mol. The first-order valence-corrected chi connectivity index (χ1v) is 6.86. The van der Waals surface area contributed by atoms with Crippen LogP contribution in [0.25, 0.3) is 0 Å². The number of hydrogen-bond acceptors (Lipinski definition) is 4. The van der Waals surface area contributed by atoms with Gasteiger partial charge >= 0.3 is 29.6 Å². The van der Waals surface area contributed by atoms with E-state index in [9.17, 15) is 4.89 Å². The number of hydrogen-bond donors (Lipinski definition) is 0. The molecule has 0 bridgehead atoms. The Morgan fingerprint density at radius 2 is 2.20 bits per heavy atom. The second-order valence-electron chi connectivity index (χ2n) is 1.46. The normalized spacial score (nSPS) is 15.5. The van der Waals surface area contributed by atoms with Crippen molar-refractivity contribution in [1.82, 2.24) is 0 Å². The van der Waals surface area contributed by atoms with Gasteiger partial charge in [-0.3, -0.25) is 0 Å². The van der Waals surface area contributed by atoms with Gasteiger partial charge in [0.25, 0.3) is 0 Å². The van der Waals surface area contributed by atoms with Crippen LogP contribution < -0.4 is 34.5 Å². The van der Waals surface area contributed by atoms with E-state index in [1.165, 1.54) is 18.5 Å². The molecule has 0 saturated carbocycles. The number of rotatable bonds is 4. The first kappa shape index (κ1) is 14.4. The minimum atomic E-state index is -2.69. The van der Waals surface area contributed by atoms with Gasteiger partial charge in [-0.25, -0.2) is 0 Å². The van der Waals surface area contributed by atoms with E-state index in [1.54, 1.807) is 0 Å². The van der Waals surface area contributed by atoms with Crippen LogP contribution in [0.15, 0.2) is 0 Å². The summed E-state index contributed by atoms with van der Waals surface area (Å²) in [6, 6.07) is 0. The van der Waals surface area contributed by atoms with Gasteiger partial charge in [-0.2, -0.15) is 0 Å². The van der Waals surface area contributed by atoms with Gasteiger partial charge < -0.3 is 9.42 Å². The Hall–Kier alpha value is 1.92. The van der Waals surface area contributed by atoms with Crippen molar-refractivity contribution in [2.75, 3.05) is 12.9 Å². The molecule has 0 aliphatic heterocycles. The molecular weight excluding hydrogens is 198 g/mol. The largest absolute Gasteiger partial charge is 1.00 e. The summed E-state index contributed by atoms with van der Waals surface area (Å²) in [5, 5.41) is 0. The zero-order chi connectivity index (χ0) is 7.33. The molecule has 0 aliphatic carbocycles. The van der Waals surface area contributed by atoms with E-state index in [2.05, 4.69) is 16.3 Å². The quantitative estimate of drug-likeness (QED) is 0.410. The Morgan fingerprint density at radius 1 is 1.70 bits per heavy atom. The molecule has 0 saturated heterocycles. The summed E-state index contributed by atoms with van der Waals surface area (Å²) in [7, 11) is 1.39. The van der Waals surface area contributed by atoms with Gasteiger partial charge in [0.1, 0.15) is 0 Å². The van der Waals surface area contributed by atoms with Crippen molar-refractivity contribution in [3.63, 3.8) is 0 Å². The molecule has 6 heteroatoms. The second kappa shape index (κ2) is 7.56. The van der Waals surface area contributed by atoms with Crippen molar-refractivity contribution in [2.45, 2.75) is 13.3 Å². The van der Waals surface area contributed by atoms with E-state index in [4.69, 9.17) is 0 Å². The van der Waals surface area contributed by atoms with Crippen molar-refractivity contribution >= 4 is 28.9 Å². The van der Waals surface area contributed by atoms with Crippen LogP contribution in [0.3, 0.4) is 0 Å². The van der Waals surface area contributed by atoms with Crippen LogP contribution in [-0.4, -0.2) is 12.9 Å². The molecule has 0 spiro atoms. The minimum Gasteiger partial charge on any atom is -0.793 e. The van der Waals surface area contributed by atoms with E-state index < -0.39 is 5.69 Å². The van der Waals surface area contributed by atoms with Crippen molar-refractivity contribution in [1.29, 1.82) is 0 Å². The van der Waals surface area contributed by atoms with E-state index in [0.717, 1.165) is 12.2 Å². The van der Waals surface area contributed by atoms with E-state index in [1.807, 2.05) is 6.92 Å². The Balaban J connectivity index is 0. The molecule has 1 atom stereocenters. The zero-order valence-electron chi connectivity index (χ0n) is 6.49. The molecule has 0 aromatic heterocycles. The van der Waals surface area contributed by atoms with Gasteiger partial charge in [-0.1, -0.05) is 18.7 Å². The summed E-state index contributed by atoms with van der Waals surface area (Å²) in [5.74, 6) is 0.814. The molecule has 0 aromatic carbocycles. The molecule has 0 heterocycles. The van der Waals surface area contributed by atoms with Gasteiger partial charge in [0.2, 0.25) is 0 Å². The summed E-state index contributed by atoms with van der Waals surface area (Å²) in [5.41, 5.74) is -2.69. The topological polar surface area (TPSA) is 32.3 Å². The fraction of sp³-hybridized carbons (Fsp3) is 1.00. The van der Waals surface area contributed by atoms with Crippen LogP contribution in [0.5, 0.6) is 0 Å². The van der Waals surface area contributed by atoms with Crippen LogP contribution in [0, 0.1) is 0 Å². The maximum Gasteiger partial charge on any atom is 1.00 e. The molecule has 0 aromatic rings. The summed E-state index contributed by atoms with van der Waals surface area (Å²) >= 11 is 5.83. The summed E-state index contributed by atoms with van der Waals surface area (Å²) < 4.78 is 4.57. The van der Waals surface area contributed by atoms with Crippen LogP contribution in [0.1, 0.15) is 13.3 Å². The third-order valence-electron chi connectivity index (χ3n) is 0.677. The van der Waals surface area contributed by atoms with Crippen molar-refractivity contribution in [3.05, 3.63) is 0 Å². The fourth-order valence-corrected chi connectivity index (χ4v) is 2.97. The Bertz CT molecular complexity index is 122. The van der Waals surface area contributed by atoms with Crippen LogP contribution in [-0.2, 0) is 16.3 Å². The minimum absolute atomic E-state index is 0. The van der Waals surface area contributed by atoms with E-state index in [0.29, 0.717) is 0 Å². The Kier molecular flexibility index (Phi) is 10.9. The van der Waals surface area contributed by atoms with E-state index >= 15 is 0 Å². The standard InChI is InChI=1S/C4H11O2PS2.Na/c1-3-4-9-7(5,8)6-2;/h3-4H2,1-2H3,(H,5,8);/q;+1/p-1. The maximum absolute atomic E-state index is 10.9. The molecule has 0 rings (SSSR count). The summed E-state index contributed by atoms with van der Waals surface area (Å²) in [6.45, 7) is 2.01. The van der Waals surface area contributed by atoms with Crippen LogP contribution >= 0.6 is 17.1 Å². The van der Waals surface area contributed by atoms with Crippen molar-refractivity contribution in [3.8, 4) is 0 Å². The average molecular weight is 208 g/mol.